The van der Waals surface area contributed by atoms with Crippen LogP contribution in [0.25, 0.3) is 98.0 Å². The number of pyridine rings is 2. The zero-order valence-electron chi connectivity index (χ0n) is 29.3. The summed E-state index contributed by atoms with van der Waals surface area (Å²) in [7, 11) is 0. The van der Waals surface area contributed by atoms with Crippen LogP contribution in [0.3, 0.4) is 0 Å². The SMILES string of the molecule is C1=Cc2ccc3ccc(-c4ccc(-c5cccc6c5sc5c6ccc6c(-c7ccccc7)nc7ccccc7c65)cc4)nc3c2CC=C1c1ccccc1. The third-order valence-electron chi connectivity index (χ3n) is 10.9. The van der Waals surface area contributed by atoms with Crippen molar-refractivity contribution in [1.29, 1.82) is 0 Å². The second-order valence-corrected chi connectivity index (χ2v) is 15.1. The Morgan fingerprint density at radius 1 is 0.463 bits per heavy atom. The Morgan fingerprint density at radius 2 is 1.17 bits per heavy atom. The summed E-state index contributed by atoms with van der Waals surface area (Å²) in [5.74, 6) is 0. The van der Waals surface area contributed by atoms with E-state index in [2.05, 4.69) is 182 Å². The lowest BCUT2D eigenvalue weighted by molar-refractivity contribution is 1.26. The van der Waals surface area contributed by atoms with Gasteiger partial charge in [-0.2, -0.15) is 0 Å². The lowest BCUT2D eigenvalue weighted by atomic mass is 9.97. The van der Waals surface area contributed by atoms with Gasteiger partial charge < -0.3 is 0 Å². The molecule has 11 rings (SSSR count). The molecular weight excluding hydrogens is 673 g/mol. The molecule has 0 saturated carbocycles. The Balaban J connectivity index is 1.00. The Bertz CT molecular complexity index is 3150. The number of fused-ring (bicyclic) bond motifs is 10. The van der Waals surface area contributed by atoms with Gasteiger partial charge in [0.05, 0.1) is 22.4 Å². The van der Waals surface area contributed by atoms with E-state index in [1.165, 1.54) is 75.1 Å². The minimum Gasteiger partial charge on any atom is -0.247 e. The van der Waals surface area contributed by atoms with Gasteiger partial charge in [-0.25, -0.2) is 9.97 Å². The summed E-state index contributed by atoms with van der Waals surface area (Å²) >= 11 is 1.90. The zero-order valence-corrected chi connectivity index (χ0v) is 30.1. The number of thiophene rings is 1. The van der Waals surface area contributed by atoms with Crippen molar-refractivity contribution in [2.75, 3.05) is 0 Å². The molecule has 0 spiro atoms. The minimum atomic E-state index is 0.841. The molecule has 0 amide bonds. The molecule has 0 saturated heterocycles. The Morgan fingerprint density at radius 3 is 2.02 bits per heavy atom. The molecule has 0 unspecified atom stereocenters. The summed E-state index contributed by atoms with van der Waals surface area (Å²) in [6.07, 6.45) is 7.64. The molecule has 1 aliphatic carbocycles. The van der Waals surface area contributed by atoms with E-state index in [0.29, 0.717) is 0 Å². The normalized spacial score (nSPS) is 12.8. The van der Waals surface area contributed by atoms with E-state index >= 15 is 0 Å². The molecule has 3 aromatic heterocycles. The maximum absolute atomic E-state index is 5.30. The van der Waals surface area contributed by atoms with Gasteiger partial charge in [-0.1, -0.05) is 170 Å². The largest absolute Gasteiger partial charge is 0.247 e. The van der Waals surface area contributed by atoms with Gasteiger partial charge in [0.15, 0.2) is 0 Å². The maximum Gasteiger partial charge on any atom is 0.0788 e. The summed E-state index contributed by atoms with van der Waals surface area (Å²) in [5.41, 5.74) is 13.8. The van der Waals surface area contributed by atoms with E-state index in [-0.39, 0.29) is 0 Å². The predicted molar refractivity (Wildman–Crippen MR) is 231 cm³/mol. The van der Waals surface area contributed by atoms with Gasteiger partial charge in [0.2, 0.25) is 0 Å². The summed E-state index contributed by atoms with van der Waals surface area (Å²) in [6.45, 7) is 0. The van der Waals surface area contributed by atoms with Crippen molar-refractivity contribution < 1.29 is 0 Å². The van der Waals surface area contributed by atoms with E-state index in [0.717, 1.165) is 40.0 Å². The summed E-state index contributed by atoms with van der Waals surface area (Å²) < 4.78 is 2.61. The van der Waals surface area contributed by atoms with Gasteiger partial charge in [-0.05, 0) is 51.9 Å². The molecule has 0 aliphatic heterocycles. The first kappa shape index (κ1) is 30.9. The third kappa shape index (κ3) is 5.01. The van der Waals surface area contributed by atoms with E-state index in [1.54, 1.807) is 0 Å². The molecule has 54 heavy (non-hydrogen) atoms. The molecule has 0 atom stereocenters. The van der Waals surface area contributed by atoms with Crippen LogP contribution >= 0.6 is 11.3 Å². The molecule has 1 aliphatic rings. The Hall–Kier alpha value is -6.68. The number of benzene rings is 7. The van der Waals surface area contributed by atoms with Gasteiger partial charge in [0, 0.05) is 52.8 Å². The predicted octanol–water partition coefficient (Wildman–Crippen LogP) is 14.0. The average Bonchev–Trinajstić information content (AvgIpc) is 3.49. The summed E-state index contributed by atoms with van der Waals surface area (Å²) in [6, 6.07) is 58.8. The smallest absolute Gasteiger partial charge is 0.0788 e. The van der Waals surface area contributed by atoms with Crippen LogP contribution in [0.15, 0.2) is 176 Å². The highest BCUT2D eigenvalue weighted by Gasteiger charge is 2.18. The minimum absolute atomic E-state index is 0.841. The highest BCUT2D eigenvalue weighted by Crippen LogP contribution is 2.46. The fourth-order valence-corrected chi connectivity index (χ4v) is 9.65. The molecule has 3 heterocycles. The molecule has 0 bridgehead atoms. The highest BCUT2D eigenvalue weighted by atomic mass is 32.1. The van der Waals surface area contributed by atoms with Gasteiger partial charge in [-0.15, -0.1) is 11.3 Å². The van der Waals surface area contributed by atoms with Gasteiger partial charge in [0.1, 0.15) is 0 Å². The molecule has 10 aromatic rings. The van der Waals surface area contributed by atoms with Crippen molar-refractivity contribution in [3.05, 3.63) is 193 Å². The number of allylic oxidation sites excluding steroid dienone is 3. The van der Waals surface area contributed by atoms with Crippen molar-refractivity contribution in [1.82, 2.24) is 9.97 Å². The summed E-state index contributed by atoms with van der Waals surface area (Å²) in [5, 5.41) is 7.41. The molecule has 3 heteroatoms. The number of nitrogens with zero attached hydrogens (tertiary/aromatic N) is 2. The van der Waals surface area contributed by atoms with Crippen molar-refractivity contribution in [3.8, 4) is 33.6 Å². The molecule has 0 fully saturated rings. The third-order valence-corrected chi connectivity index (χ3v) is 12.2. The Kier molecular flexibility index (Phi) is 7.14. The second-order valence-electron chi connectivity index (χ2n) is 14.0. The monoisotopic (exact) mass is 704 g/mol. The second kappa shape index (κ2) is 12.5. The van der Waals surface area contributed by atoms with Crippen molar-refractivity contribution >= 4 is 75.7 Å². The van der Waals surface area contributed by atoms with Gasteiger partial charge in [0.25, 0.3) is 0 Å². The van der Waals surface area contributed by atoms with E-state index < -0.39 is 0 Å². The van der Waals surface area contributed by atoms with Crippen LogP contribution in [0.5, 0.6) is 0 Å². The highest BCUT2D eigenvalue weighted by molar-refractivity contribution is 7.27. The fraction of sp³-hybridized carbons (Fsp3) is 0.0196. The van der Waals surface area contributed by atoms with Crippen LogP contribution < -0.4 is 0 Å². The molecule has 0 radical (unpaired) electrons. The summed E-state index contributed by atoms with van der Waals surface area (Å²) in [4.78, 5) is 10.5. The van der Waals surface area contributed by atoms with Crippen molar-refractivity contribution in [2.45, 2.75) is 6.42 Å². The molecule has 2 nitrogen and oxygen atoms in total. The number of rotatable bonds is 4. The van der Waals surface area contributed by atoms with E-state index in [9.17, 15) is 0 Å². The first-order chi connectivity index (χ1) is 26.8. The van der Waals surface area contributed by atoms with Crippen LogP contribution in [0.2, 0.25) is 0 Å². The van der Waals surface area contributed by atoms with E-state index in [4.69, 9.17) is 9.97 Å². The van der Waals surface area contributed by atoms with Crippen molar-refractivity contribution in [2.24, 2.45) is 0 Å². The number of aromatic nitrogens is 2. The molecule has 252 valence electrons. The fourth-order valence-electron chi connectivity index (χ4n) is 8.25. The number of hydrogen-bond acceptors (Lipinski definition) is 3. The van der Waals surface area contributed by atoms with Crippen LogP contribution in [0.4, 0.5) is 0 Å². The van der Waals surface area contributed by atoms with E-state index in [1.807, 2.05) is 11.3 Å². The van der Waals surface area contributed by atoms with Crippen LogP contribution in [0.1, 0.15) is 16.7 Å². The topological polar surface area (TPSA) is 25.8 Å². The molecule has 7 aromatic carbocycles. The van der Waals surface area contributed by atoms with Crippen molar-refractivity contribution in [3.63, 3.8) is 0 Å². The average molecular weight is 705 g/mol. The first-order valence-corrected chi connectivity index (χ1v) is 19.3. The van der Waals surface area contributed by atoms with Crippen LogP contribution in [-0.4, -0.2) is 9.97 Å². The molecule has 0 N–H and O–H groups in total. The van der Waals surface area contributed by atoms with Gasteiger partial charge in [-0.3, -0.25) is 0 Å². The maximum atomic E-state index is 5.30. The molecular formula is C51H32N2S. The first-order valence-electron chi connectivity index (χ1n) is 18.5. The van der Waals surface area contributed by atoms with Crippen LogP contribution in [0, 0.1) is 0 Å². The Labute approximate surface area is 317 Å². The lowest BCUT2D eigenvalue weighted by Crippen LogP contribution is -1.94. The lowest BCUT2D eigenvalue weighted by Gasteiger charge is -2.11. The number of para-hydroxylation sites is 1. The van der Waals surface area contributed by atoms with Crippen LogP contribution in [-0.2, 0) is 6.42 Å². The number of hydrogen-bond donors (Lipinski definition) is 0. The quantitative estimate of drug-likeness (QED) is 0.170. The zero-order chi connectivity index (χ0) is 35.6. The standard InChI is InChI=1S/C51H32N2S/c1-3-10-32(11-4-1)33-18-19-34-22-25-38-27-31-45(52-48(38)39(34)28-26-33)36-23-20-35(21-24-36)40-15-9-16-41-42-29-30-44-47(51(42)54-50(40)41)43-14-7-8-17-46(43)53-49(44)37-12-5-2-6-13-37/h1-27,29-31H,28H2. The van der Waals surface area contributed by atoms with Gasteiger partial charge >= 0.3 is 0 Å².